The van der Waals surface area contributed by atoms with E-state index >= 15 is 0 Å². The van der Waals surface area contributed by atoms with Crippen LogP contribution in [0.15, 0.2) is 18.2 Å². The molecular formula is C16H24Cl2N2O. The monoisotopic (exact) mass is 330 g/mol. The molecule has 0 bridgehead atoms. The van der Waals surface area contributed by atoms with E-state index in [1.807, 2.05) is 30.9 Å². The van der Waals surface area contributed by atoms with E-state index in [4.69, 9.17) is 28.9 Å². The van der Waals surface area contributed by atoms with Gasteiger partial charge >= 0.3 is 0 Å². The molecule has 118 valence electrons. The molecule has 5 heteroatoms. The van der Waals surface area contributed by atoms with Gasteiger partial charge in [0.15, 0.2) is 0 Å². The SMILES string of the molecule is CCC(CN)CC(=O)N(Cc1ccc(Cl)c(Cl)c1)C(C)C. The summed E-state index contributed by atoms with van der Waals surface area (Å²) in [5, 5.41) is 1.04. The molecule has 1 aromatic carbocycles. The first-order valence-electron chi connectivity index (χ1n) is 7.32. The zero-order chi connectivity index (χ0) is 16.0. The van der Waals surface area contributed by atoms with Crippen molar-refractivity contribution in [2.45, 2.75) is 46.2 Å². The van der Waals surface area contributed by atoms with Gasteiger partial charge in [0.2, 0.25) is 5.91 Å². The van der Waals surface area contributed by atoms with Gasteiger partial charge in [-0.25, -0.2) is 0 Å². The van der Waals surface area contributed by atoms with Crippen LogP contribution in [0.25, 0.3) is 0 Å². The second-order valence-corrected chi connectivity index (χ2v) is 6.39. The van der Waals surface area contributed by atoms with Crippen LogP contribution in [-0.2, 0) is 11.3 Å². The van der Waals surface area contributed by atoms with Crippen molar-refractivity contribution < 1.29 is 4.79 Å². The van der Waals surface area contributed by atoms with Gasteiger partial charge in [-0.05, 0) is 44.0 Å². The number of amides is 1. The molecule has 21 heavy (non-hydrogen) atoms. The highest BCUT2D eigenvalue weighted by Crippen LogP contribution is 2.24. The molecule has 0 fully saturated rings. The third-order valence-corrected chi connectivity index (χ3v) is 4.39. The van der Waals surface area contributed by atoms with Crippen molar-refractivity contribution in [1.82, 2.24) is 4.90 Å². The van der Waals surface area contributed by atoms with Gasteiger partial charge in [-0.2, -0.15) is 0 Å². The summed E-state index contributed by atoms with van der Waals surface area (Å²) in [6, 6.07) is 5.60. The Balaban J connectivity index is 2.81. The van der Waals surface area contributed by atoms with Crippen molar-refractivity contribution in [2.75, 3.05) is 6.54 Å². The number of benzene rings is 1. The zero-order valence-corrected chi connectivity index (χ0v) is 14.4. The average Bonchev–Trinajstić information content (AvgIpc) is 2.45. The van der Waals surface area contributed by atoms with Crippen molar-refractivity contribution >= 4 is 29.1 Å². The van der Waals surface area contributed by atoms with Crippen molar-refractivity contribution in [3.63, 3.8) is 0 Å². The number of carbonyl (C=O) groups is 1. The molecule has 0 heterocycles. The molecular weight excluding hydrogens is 307 g/mol. The van der Waals surface area contributed by atoms with Crippen molar-refractivity contribution in [1.29, 1.82) is 0 Å². The van der Waals surface area contributed by atoms with Gasteiger partial charge in [-0.3, -0.25) is 4.79 Å². The van der Waals surface area contributed by atoms with Crippen LogP contribution >= 0.6 is 23.2 Å². The first-order chi connectivity index (χ1) is 9.88. The molecule has 1 atom stereocenters. The summed E-state index contributed by atoms with van der Waals surface area (Å²) in [7, 11) is 0. The largest absolute Gasteiger partial charge is 0.336 e. The van der Waals surface area contributed by atoms with Crippen LogP contribution in [0.2, 0.25) is 10.0 Å². The minimum absolute atomic E-state index is 0.127. The third-order valence-electron chi connectivity index (χ3n) is 3.65. The lowest BCUT2D eigenvalue weighted by molar-refractivity contribution is -0.134. The second kappa shape index (κ2) is 8.62. The Hall–Kier alpha value is -0.770. The number of hydrogen-bond acceptors (Lipinski definition) is 2. The molecule has 0 aliphatic carbocycles. The number of nitrogens with zero attached hydrogens (tertiary/aromatic N) is 1. The van der Waals surface area contributed by atoms with Crippen LogP contribution in [0.4, 0.5) is 0 Å². The number of rotatable bonds is 7. The highest BCUT2D eigenvalue weighted by atomic mass is 35.5. The molecule has 1 rings (SSSR count). The Kier molecular flexibility index (Phi) is 7.50. The topological polar surface area (TPSA) is 46.3 Å². The van der Waals surface area contributed by atoms with E-state index in [1.165, 1.54) is 0 Å². The quantitative estimate of drug-likeness (QED) is 0.817. The molecule has 2 N–H and O–H groups in total. The molecule has 1 unspecified atom stereocenters. The number of nitrogens with two attached hydrogens (primary N) is 1. The maximum atomic E-state index is 12.5. The molecule has 0 aromatic heterocycles. The number of carbonyl (C=O) groups excluding carboxylic acids is 1. The predicted molar refractivity (Wildman–Crippen MR) is 89.6 cm³/mol. The Morgan fingerprint density at radius 2 is 1.95 bits per heavy atom. The number of halogens is 2. The Morgan fingerprint density at radius 3 is 2.43 bits per heavy atom. The highest BCUT2D eigenvalue weighted by molar-refractivity contribution is 6.42. The molecule has 0 radical (unpaired) electrons. The highest BCUT2D eigenvalue weighted by Gasteiger charge is 2.20. The standard InChI is InChI=1S/C16H24Cl2N2O/c1-4-12(9-19)8-16(21)20(11(2)3)10-13-5-6-14(17)15(18)7-13/h5-7,11-12H,4,8-10,19H2,1-3H3. The minimum atomic E-state index is 0.127. The lowest BCUT2D eigenvalue weighted by Crippen LogP contribution is -2.38. The fraction of sp³-hybridized carbons (Fsp3) is 0.562. The van der Waals surface area contributed by atoms with E-state index in [0.29, 0.717) is 29.6 Å². The first-order valence-corrected chi connectivity index (χ1v) is 8.08. The minimum Gasteiger partial charge on any atom is -0.336 e. The van der Waals surface area contributed by atoms with Gasteiger partial charge in [0, 0.05) is 19.0 Å². The summed E-state index contributed by atoms with van der Waals surface area (Å²) in [6.45, 7) is 7.16. The van der Waals surface area contributed by atoms with Crippen molar-refractivity contribution in [3.8, 4) is 0 Å². The third kappa shape index (κ3) is 5.50. The van der Waals surface area contributed by atoms with E-state index in [2.05, 4.69) is 6.92 Å². The van der Waals surface area contributed by atoms with Crippen LogP contribution in [0.5, 0.6) is 0 Å². The van der Waals surface area contributed by atoms with Crippen LogP contribution in [0.1, 0.15) is 39.2 Å². The van der Waals surface area contributed by atoms with Crippen molar-refractivity contribution in [3.05, 3.63) is 33.8 Å². The van der Waals surface area contributed by atoms with Crippen LogP contribution in [-0.4, -0.2) is 23.4 Å². The van der Waals surface area contributed by atoms with Crippen LogP contribution < -0.4 is 5.73 Å². The van der Waals surface area contributed by atoms with Gasteiger partial charge in [0.05, 0.1) is 10.0 Å². The fourth-order valence-corrected chi connectivity index (χ4v) is 2.47. The Bertz CT molecular complexity index is 473. The van der Waals surface area contributed by atoms with E-state index in [1.54, 1.807) is 6.07 Å². The summed E-state index contributed by atoms with van der Waals surface area (Å²) in [6.07, 6.45) is 1.41. The maximum absolute atomic E-state index is 12.5. The lowest BCUT2D eigenvalue weighted by Gasteiger charge is -2.28. The maximum Gasteiger partial charge on any atom is 0.223 e. The first kappa shape index (κ1) is 18.3. The molecule has 0 spiro atoms. The molecule has 0 aliphatic rings. The summed E-state index contributed by atoms with van der Waals surface area (Å²) in [4.78, 5) is 14.3. The lowest BCUT2D eigenvalue weighted by atomic mass is 10.0. The molecule has 0 saturated heterocycles. The van der Waals surface area contributed by atoms with Gasteiger partial charge < -0.3 is 10.6 Å². The Morgan fingerprint density at radius 1 is 1.29 bits per heavy atom. The molecule has 1 aromatic rings. The van der Waals surface area contributed by atoms with Crippen LogP contribution in [0, 0.1) is 5.92 Å². The Labute approximate surface area is 137 Å². The number of hydrogen-bond donors (Lipinski definition) is 1. The summed E-state index contributed by atoms with van der Waals surface area (Å²) >= 11 is 12.0. The molecule has 0 saturated carbocycles. The van der Waals surface area contributed by atoms with Gasteiger partial charge in [-0.15, -0.1) is 0 Å². The fourth-order valence-electron chi connectivity index (χ4n) is 2.15. The van der Waals surface area contributed by atoms with Crippen molar-refractivity contribution in [2.24, 2.45) is 11.7 Å². The molecule has 3 nitrogen and oxygen atoms in total. The second-order valence-electron chi connectivity index (χ2n) is 5.58. The average molecular weight is 331 g/mol. The van der Waals surface area contributed by atoms with E-state index in [0.717, 1.165) is 12.0 Å². The smallest absolute Gasteiger partial charge is 0.223 e. The molecule has 0 aliphatic heterocycles. The zero-order valence-electron chi connectivity index (χ0n) is 12.9. The summed E-state index contributed by atoms with van der Waals surface area (Å²) in [5.74, 6) is 0.376. The summed E-state index contributed by atoms with van der Waals surface area (Å²) < 4.78 is 0. The van der Waals surface area contributed by atoms with E-state index < -0.39 is 0 Å². The van der Waals surface area contributed by atoms with Gasteiger partial charge in [0.25, 0.3) is 0 Å². The predicted octanol–water partition coefficient (Wildman–Crippen LogP) is 4.11. The van der Waals surface area contributed by atoms with E-state index in [9.17, 15) is 4.79 Å². The summed E-state index contributed by atoms with van der Waals surface area (Å²) in [5.41, 5.74) is 6.67. The van der Waals surface area contributed by atoms with Gasteiger partial charge in [-0.1, -0.05) is 42.6 Å². The van der Waals surface area contributed by atoms with Gasteiger partial charge in [0.1, 0.15) is 0 Å². The normalized spacial score (nSPS) is 12.5. The van der Waals surface area contributed by atoms with Crippen LogP contribution in [0.3, 0.4) is 0 Å². The molecule has 1 amide bonds. The van der Waals surface area contributed by atoms with E-state index in [-0.39, 0.29) is 17.9 Å².